The van der Waals surface area contributed by atoms with Gasteiger partial charge in [0.25, 0.3) is 0 Å². The third kappa shape index (κ3) is 1.76. The fourth-order valence-electron chi connectivity index (χ4n) is 3.29. The molecule has 0 saturated heterocycles. The van der Waals surface area contributed by atoms with Crippen LogP contribution in [-0.2, 0) is 6.54 Å². The molecule has 1 heterocycles. The quantitative estimate of drug-likeness (QED) is 0.875. The van der Waals surface area contributed by atoms with E-state index in [1.165, 1.54) is 17.7 Å². The van der Waals surface area contributed by atoms with Crippen molar-refractivity contribution in [3.05, 3.63) is 53.0 Å². The van der Waals surface area contributed by atoms with Crippen LogP contribution in [0.15, 0.2) is 47.3 Å². The van der Waals surface area contributed by atoms with Crippen molar-refractivity contribution in [2.75, 3.05) is 0 Å². The maximum Gasteiger partial charge on any atom is 0.0594 e. The Labute approximate surface area is 109 Å². The van der Waals surface area contributed by atoms with Crippen LogP contribution in [0.5, 0.6) is 0 Å². The summed E-state index contributed by atoms with van der Waals surface area (Å²) in [6, 6.07) is 6.07. The van der Waals surface area contributed by atoms with Gasteiger partial charge in [0.1, 0.15) is 0 Å². The van der Waals surface area contributed by atoms with Crippen LogP contribution in [0.1, 0.15) is 32.9 Å². The predicted molar refractivity (Wildman–Crippen MR) is 73.7 cm³/mol. The number of rotatable bonds is 3. The number of allylic oxidation sites excluding steroid dienone is 4. The summed E-state index contributed by atoms with van der Waals surface area (Å²) in [4.78, 5) is 4.36. The van der Waals surface area contributed by atoms with E-state index in [-0.39, 0.29) is 0 Å². The largest absolute Gasteiger partial charge is 0.382 e. The Bertz CT molecular complexity index is 527. The normalized spacial score (nSPS) is 29.7. The Morgan fingerprint density at radius 1 is 1.39 bits per heavy atom. The van der Waals surface area contributed by atoms with E-state index in [9.17, 15) is 0 Å². The molecule has 94 valence electrons. The first kappa shape index (κ1) is 11.5. The summed E-state index contributed by atoms with van der Waals surface area (Å²) in [6.45, 7) is 7.67. The summed E-state index contributed by atoms with van der Waals surface area (Å²) < 4.78 is 0. The molecule has 0 spiro atoms. The van der Waals surface area contributed by atoms with Crippen molar-refractivity contribution < 1.29 is 0 Å². The van der Waals surface area contributed by atoms with Crippen LogP contribution in [0.3, 0.4) is 0 Å². The lowest BCUT2D eigenvalue weighted by molar-refractivity contribution is 0.544. The van der Waals surface area contributed by atoms with Crippen LogP contribution >= 0.6 is 0 Å². The Balaban J connectivity index is 1.78. The first-order valence-electron chi connectivity index (χ1n) is 6.64. The average molecular weight is 240 g/mol. The Hall–Kier alpha value is -1.57. The monoisotopic (exact) mass is 240 g/mol. The summed E-state index contributed by atoms with van der Waals surface area (Å²) in [5, 5.41) is 3.61. The van der Waals surface area contributed by atoms with Gasteiger partial charge in [-0.15, -0.1) is 0 Å². The van der Waals surface area contributed by atoms with E-state index in [0.717, 1.165) is 18.2 Å². The fraction of sp³-hybridized carbons (Fsp3) is 0.438. The van der Waals surface area contributed by atoms with E-state index in [2.05, 4.69) is 43.2 Å². The highest BCUT2D eigenvalue weighted by Crippen LogP contribution is 2.62. The second-order valence-corrected chi connectivity index (χ2v) is 5.80. The lowest BCUT2D eigenvalue weighted by Crippen LogP contribution is -2.24. The molecule has 1 aromatic rings. The van der Waals surface area contributed by atoms with Crippen LogP contribution < -0.4 is 5.32 Å². The van der Waals surface area contributed by atoms with E-state index < -0.39 is 0 Å². The minimum atomic E-state index is 0.359. The van der Waals surface area contributed by atoms with Gasteiger partial charge in [-0.25, -0.2) is 0 Å². The van der Waals surface area contributed by atoms with Gasteiger partial charge < -0.3 is 5.32 Å². The van der Waals surface area contributed by atoms with Crippen molar-refractivity contribution >= 4 is 0 Å². The Morgan fingerprint density at radius 2 is 2.22 bits per heavy atom. The van der Waals surface area contributed by atoms with Gasteiger partial charge in [0.2, 0.25) is 0 Å². The van der Waals surface area contributed by atoms with E-state index in [4.69, 9.17) is 0 Å². The number of nitrogens with one attached hydrogen (secondary N) is 1. The van der Waals surface area contributed by atoms with E-state index >= 15 is 0 Å². The average Bonchev–Trinajstić information content (AvgIpc) is 3.04. The van der Waals surface area contributed by atoms with Gasteiger partial charge in [-0.1, -0.05) is 24.6 Å². The van der Waals surface area contributed by atoms with Crippen molar-refractivity contribution in [1.82, 2.24) is 10.3 Å². The molecule has 2 unspecified atom stereocenters. The number of hydrogen-bond donors (Lipinski definition) is 1. The molecule has 0 radical (unpaired) electrons. The fourth-order valence-corrected chi connectivity index (χ4v) is 3.29. The van der Waals surface area contributed by atoms with Crippen LogP contribution in [-0.4, -0.2) is 4.98 Å². The van der Waals surface area contributed by atoms with Crippen LogP contribution in [0.25, 0.3) is 0 Å². The molecular formula is C16H20N2. The van der Waals surface area contributed by atoms with Crippen molar-refractivity contribution in [2.24, 2.45) is 11.3 Å². The molecule has 3 rings (SSSR count). The minimum Gasteiger partial charge on any atom is -0.382 e. The summed E-state index contributed by atoms with van der Waals surface area (Å²) in [6.07, 6.45) is 5.47. The highest BCUT2D eigenvalue weighted by atomic mass is 14.9. The molecule has 0 aliphatic heterocycles. The Kier molecular flexibility index (Phi) is 2.54. The van der Waals surface area contributed by atoms with Crippen molar-refractivity contribution in [3.8, 4) is 0 Å². The smallest absolute Gasteiger partial charge is 0.0594 e. The highest BCUT2D eigenvalue weighted by molar-refractivity contribution is 5.44. The molecule has 2 nitrogen and oxygen atoms in total. The van der Waals surface area contributed by atoms with Gasteiger partial charge in [-0.2, -0.15) is 0 Å². The zero-order chi connectivity index (χ0) is 12.8. The summed E-state index contributed by atoms with van der Waals surface area (Å²) in [5.74, 6) is 0.757. The molecule has 1 saturated carbocycles. The maximum absolute atomic E-state index is 4.36. The third-order valence-electron chi connectivity index (χ3n) is 4.37. The number of aromatic nitrogens is 1. The zero-order valence-corrected chi connectivity index (χ0v) is 11.3. The molecule has 1 N–H and O–H groups in total. The lowest BCUT2D eigenvalue weighted by atomic mass is 9.89. The summed E-state index contributed by atoms with van der Waals surface area (Å²) in [5.41, 5.74) is 5.81. The molecule has 0 amide bonds. The second kappa shape index (κ2) is 3.98. The zero-order valence-electron chi connectivity index (χ0n) is 11.3. The molecule has 2 aliphatic carbocycles. The standard InChI is InChI=1S/C16H20N2/c1-11-8-12(2)15(16(3)9-14(11)16)18-10-13-6-4-5-7-17-13/h4-8,14,18H,9-10H2,1-3H3. The molecule has 0 aromatic carbocycles. The number of nitrogens with zero attached hydrogens (tertiary/aromatic N) is 1. The van der Waals surface area contributed by atoms with Crippen LogP contribution in [0.4, 0.5) is 0 Å². The Morgan fingerprint density at radius 3 is 2.94 bits per heavy atom. The predicted octanol–water partition coefficient (Wildman–Crippen LogP) is 3.43. The van der Waals surface area contributed by atoms with Crippen LogP contribution in [0, 0.1) is 11.3 Å². The number of fused-ring (bicyclic) bond motifs is 1. The number of hydrogen-bond acceptors (Lipinski definition) is 2. The van der Waals surface area contributed by atoms with Gasteiger partial charge in [-0.3, -0.25) is 4.98 Å². The van der Waals surface area contributed by atoms with Gasteiger partial charge in [0.05, 0.1) is 12.2 Å². The van der Waals surface area contributed by atoms with Gasteiger partial charge >= 0.3 is 0 Å². The molecule has 2 aliphatic rings. The van der Waals surface area contributed by atoms with Gasteiger partial charge in [0.15, 0.2) is 0 Å². The molecular weight excluding hydrogens is 220 g/mol. The first-order valence-corrected chi connectivity index (χ1v) is 6.64. The summed E-state index contributed by atoms with van der Waals surface area (Å²) in [7, 11) is 0. The maximum atomic E-state index is 4.36. The molecule has 0 bridgehead atoms. The van der Waals surface area contributed by atoms with Gasteiger partial charge in [0, 0.05) is 17.3 Å². The van der Waals surface area contributed by atoms with Gasteiger partial charge in [-0.05, 0) is 43.9 Å². The molecule has 18 heavy (non-hydrogen) atoms. The van der Waals surface area contributed by atoms with Crippen LogP contribution in [0.2, 0.25) is 0 Å². The first-order chi connectivity index (χ1) is 8.61. The summed E-state index contributed by atoms with van der Waals surface area (Å²) >= 11 is 0. The molecule has 1 fully saturated rings. The van der Waals surface area contributed by atoms with E-state index in [0.29, 0.717) is 5.41 Å². The van der Waals surface area contributed by atoms with Crippen molar-refractivity contribution in [3.63, 3.8) is 0 Å². The van der Waals surface area contributed by atoms with Crippen molar-refractivity contribution in [1.29, 1.82) is 0 Å². The van der Waals surface area contributed by atoms with E-state index in [1.54, 1.807) is 5.57 Å². The molecule has 2 heteroatoms. The topological polar surface area (TPSA) is 24.9 Å². The van der Waals surface area contributed by atoms with Crippen molar-refractivity contribution in [2.45, 2.75) is 33.7 Å². The third-order valence-corrected chi connectivity index (χ3v) is 4.37. The highest BCUT2D eigenvalue weighted by Gasteiger charge is 2.55. The molecule has 1 aromatic heterocycles. The number of pyridine rings is 1. The second-order valence-electron chi connectivity index (χ2n) is 5.80. The molecule has 2 atom stereocenters. The SMILES string of the molecule is CC1=CC(C)=C(NCc2ccccn2)C2(C)CC12. The lowest BCUT2D eigenvalue weighted by Gasteiger charge is -2.24. The minimum absolute atomic E-state index is 0.359. The van der Waals surface area contributed by atoms with E-state index in [1.807, 2.05) is 18.3 Å².